The lowest BCUT2D eigenvalue weighted by Crippen LogP contribution is -2.32. The second kappa shape index (κ2) is 5.92. The Morgan fingerprint density at radius 2 is 1.81 bits per heavy atom. The number of hydroxylamine groups is 2. The van der Waals surface area contributed by atoms with Crippen molar-refractivity contribution in [3.8, 4) is 11.5 Å². The molecule has 8 nitrogen and oxygen atoms in total. The number of hydrogen-bond acceptors (Lipinski definition) is 7. The number of aromatic nitrogens is 2. The van der Waals surface area contributed by atoms with E-state index in [0.29, 0.717) is 10.6 Å². The van der Waals surface area contributed by atoms with Crippen LogP contribution in [0.25, 0.3) is 11.5 Å². The minimum absolute atomic E-state index is 0.161. The second-order valence-electron chi connectivity index (χ2n) is 5.55. The topological polar surface area (TPSA) is 103 Å². The molecular weight excluding hydrogens is 338 g/mol. The summed E-state index contributed by atoms with van der Waals surface area (Å²) < 4.78 is 5.28. The third kappa shape index (κ3) is 2.53. The van der Waals surface area contributed by atoms with Crippen LogP contribution in [0, 0.1) is 6.92 Å². The van der Waals surface area contributed by atoms with Gasteiger partial charge in [0.1, 0.15) is 6.26 Å². The van der Waals surface area contributed by atoms with Crippen molar-refractivity contribution < 1.29 is 23.6 Å². The fourth-order valence-corrected chi connectivity index (χ4v) is 2.56. The van der Waals surface area contributed by atoms with E-state index in [4.69, 9.17) is 9.25 Å². The van der Waals surface area contributed by atoms with E-state index in [1.165, 1.54) is 12.1 Å². The highest BCUT2D eigenvalue weighted by atomic mass is 16.7. The van der Waals surface area contributed by atoms with E-state index in [1.807, 2.05) is 6.92 Å². The summed E-state index contributed by atoms with van der Waals surface area (Å²) in [6, 6.07) is 9.64. The number of hydrogen-bond donors (Lipinski definition) is 0. The van der Waals surface area contributed by atoms with Crippen LogP contribution in [0.5, 0.6) is 0 Å². The number of fused-ring (bicyclic) bond motifs is 1. The highest BCUT2D eigenvalue weighted by Gasteiger charge is 2.39. The third-order valence-electron chi connectivity index (χ3n) is 3.79. The number of imide groups is 1. The number of nitrogens with zero attached hydrogens (tertiary/aromatic N) is 3. The number of carbonyl (C=O) groups is 3. The first-order chi connectivity index (χ1) is 12.5. The monoisotopic (exact) mass is 349 g/mol. The molecule has 0 N–H and O–H groups in total. The van der Waals surface area contributed by atoms with Crippen LogP contribution in [0.3, 0.4) is 0 Å². The van der Waals surface area contributed by atoms with Gasteiger partial charge >= 0.3 is 5.97 Å². The second-order valence-corrected chi connectivity index (χ2v) is 5.55. The molecule has 0 fully saturated rings. The van der Waals surface area contributed by atoms with Crippen LogP contribution in [0.4, 0.5) is 0 Å². The molecule has 4 rings (SSSR count). The van der Waals surface area contributed by atoms with Gasteiger partial charge in [-0.25, -0.2) is 9.78 Å². The lowest BCUT2D eigenvalue weighted by Gasteiger charge is -2.11. The summed E-state index contributed by atoms with van der Waals surface area (Å²) in [5.74, 6) is -2.18. The molecule has 26 heavy (non-hydrogen) atoms. The molecule has 3 aromatic rings. The van der Waals surface area contributed by atoms with Gasteiger partial charge in [0.15, 0.2) is 5.69 Å². The average molecular weight is 349 g/mol. The van der Waals surface area contributed by atoms with Crippen molar-refractivity contribution in [2.24, 2.45) is 0 Å². The molecule has 0 unspecified atom stereocenters. The smallest absolute Gasteiger partial charge is 0.385 e. The molecule has 1 aliphatic rings. The SMILES string of the molecule is Cc1cc(-c2nc(C(=O)ON3C(=O)c4ccccc4C3=O)co2)ccn1. The maximum absolute atomic E-state index is 12.3. The number of benzene rings is 1. The van der Waals surface area contributed by atoms with Crippen molar-refractivity contribution in [1.82, 2.24) is 15.0 Å². The zero-order valence-electron chi connectivity index (χ0n) is 13.5. The van der Waals surface area contributed by atoms with Crippen molar-refractivity contribution in [3.05, 3.63) is 71.4 Å². The Hall–Kier alpha value is -3.81. The first-order valence-electron chi connectivity index (χ1n) is 7.63. The van der Waals surface area contributed by atoms with Gasteiger partial charge in [-0.1, -0.05) is 17.2 Å². The predicted molar refractivity (Wildman–Crippen MR) is 86.8 cm³/mol. The molecule has 0 saturated carbocycles. The molecule has 2 aromatic heterocycles. The van der Waals surface area contributed by atoms with Gasteiger partial charge in [-0.3, -0.25) is 14.6 Å². The molecule has 3 heterocycles. The van der Waals surface area contributed by atoms with E-state index < -0.39 is 17.8 Å². The minimum Gasteiger partial charge on any atom is -0.444 e. The van der Waals surface area contributed by atoms with Crippen molar-refractivity contribution in [3.63, 3.8) is 0 Å². The molecule has 128 valence electrons. The highest BCUT2D eigenvalue weighted by Crippen LogP contribution is 2.24. The maximum atomic E-state index is 12.3. The standard InChI is InChI=1S/C18H11N3O5/c1-10-8-11(6-7-19-10)15-20-14(9-25-15)18(24)26-21-16(22)12-4-2-3-5-13(12)17(21)23/h2-9H,1H3. The van der Waals surface area contributed by atoms with Gasteiger partial charge in [0.05, 0.1) is 11.1 Å². The zero-order chi connectivity index (χ0) is 18.3. The Balaban J connectivity index is 1.55. The molecule has 0 saturated heterocycles. The first-order valence-corrected chi connectivity index (χ1v) is 7.63. The van der Waals surface area contributed by atoms with Crippen LogP contribution >= 0.6 is 0 Å². The lowest BCUT2D eigenvalue weighted by molar-refractivity contribution is -0.0588. The fraction of sp³-hybridized carbons (Fsp3) is 0.0556. The van der Waals surface area contributed by atoms with E-state index in [1.54, 1.807) is 30.5 Å². The van der Waals surface area contributed by atoms with Gasteiger partial charge in [0.25, 0.3) is 11.8 Å². The summed E-state index contributed by atoms with van der Waals surface area (Å²) in [7, 11) is 0. The van der Waals surface area contributed by atoms with Crippen LogP contribution in [0.15, 0.2) is 53.3 Å². The minimum atomic E-state index is -0.972. The summed E-state index contributed by atoms with van der Waals surface area (Å²) in [5, 5.41) is 0.429. The number of pyridine rings is 1. The average Bonchev–Trinajstić information content (AvgIpc) is 3.22. The van der Waals surface area contributed by atoms with Crippen LogP contribution in [0.2, 0.25) is 0 Å². The number of oxazole rings is 1. The Morgan fingerprint density at radius 1 is 1.12 bits per heavy atom. The molecule has 1 aliphatic heterocycles. The van der Waals surface area contributed by atoms with E-state index in [-0.39, 0.29) is 22.7 Å². The summed E-state index contributed by atoms with van der Waals surface area (Å²) in [4.78, 5) is 49.7. The molecular formula is C18H11N3O5. The molecule has 0 atom stereocenters. The van der Waals surface area contributed by atoms with Crippen LogP contribution in [-0.2, 0) is 4.84 Å². The van der Waals surface area contributed by atoms with Gasteiger partial charge in [-0.05, 0) is 31.2 Å². The summed E-state index contributed by atoms with van der Waals surface area (Å²) in [6.45, 7) is 1.81. The van der Waals surface area contributed by atoms with Crippen LogP contribution < -0.4 is 0 Å². The molecule has 0 aliphatic carbocycles. The van der Waals surface area contributed by atoms with Crippen molar-refractivity contribution in [1.29, 1.82) is 0 Å². The van der Waals surface area contributed by atoms with E-state index in [9.17, 15) is 14.4 Å². The number of rotatable bonds is 3. The fourth-order valence-electron chi connectivity index (χ4n) is 2.56. The maximum Gasteiger partial charge on any atom is 0.385 e. The van der Waals surface area contributed by atoms with Crippen LogP contribution in [-0.4, -0.2) is 32.8 Å². The largest absolute Gasteiger partial charge is 0.444 e. The van der Waals surface area contributed by atoms with Crippen molar-refractivity contribution in [2.75, 3.05) is 0 Å². The quantitative estimate of drug-likeness (QED) is 0.669. The van der Waals surface area contributed by atoms with Crippen LogP contribution in [0.1, 0.15) is 36.9 Å². The highest BCUT2D eigenvalue weighted by molar-refractivity contribution is 6.21. The molecule has 1 aromatic carbocycles. The van der Waals surface area contributed by atoms with Gasteiger partial charge < -0.3 is 9.25 Å². The number of aryl methyl sites for hydroxylation is 1. The van der Waals surface area contributed by atoms with Gasteiger partial charge in [-0.2, -0.15) is 0 Å². The Labute approximate surface area is 147 Å². The molecule has 0 radical (unpaired) electrons. The third-order valence-corrected chi connectivity index (χ3v) is 3.79. The summed E-state index contributed by atoms with van der Waals surface area (Å²) in [5.41, 5.74) is 1.59. The Morgan fingerprint density at radius 3 is 2.46 bits per heavy atom. The molecule has 0 bridgehead atoms. The molecule has 2 amide bonds. The number of carbonyl (C=O) groups excluding carboxylic acids is 3. The van der Waals surface area contributed by atoms with Gasteiger partial charge in [0, 0.05) is 17.5 Å². The molecule has 8 heteroatoms. The Bertz CT molecular complexity index is 1020. The summed E-state index contributed by atoms with van der Waals surface area (Å²) >= 11 is 0. The molecule has 0 spiro atoms. The zero-order valence-corrected chi connectivity index (χ0v) is 13.5. The number of amides is 2. The van der Waals surface area contributed by atoms with Gasteiger partial charge in [0.2, 0.25) is 5.89 Å². The van der Waals surface area contributed by atoms with E-state index >= 15 is 0 Å². The van der Waals surface area contributed by atoms with Crippen molar-refractivity contribution in [2.45, 2.75) is 6.92 Å². The Kier molecular flexibility index (Phi) is 3.58. The van der Waals surface area contributed by atoms with E-state index in [0.717, 1.165) is 12.0 Å². The van der Waals surface area contributed by atoms with Gasteiger partial charge in [-0.15, -0.1) is 0 Å². The first kappa shape index (κ1) is 15.7. The normalized spacial score (nSPS) is 13.0. The lowest BCUT2D eigenvalue weighted by atomic mass is 10.1. The van der Waals surface area contributed by atoms with E-state index in [2.05, 4.69) is 9.97 Å². The summed E-state index contributed by atoms with van der Waals surface area (Å²) in [6.07, 6.45) is 2.69. The van der Waals surface area contributed by atoms with Crippen molar-refractivity contribution >= 4 is 17.8 Å². The predicted octanol–water partition coefficient (Wildman–Crippen LogP) is 2.41.